The molecule has 0 aliphatic heterocycles. The van der Waals surface area contributed by atoms with Crippen molar-refractivity contribution in [3.63, 3.8) is 0 Å². The van der Waals surface area contributed by atoms with E-state index in [4.69, 9.17) is 17.3 Å². The van der Waals surface area contributed by atoms with E-state index in [1.807, 2.05) is 26.8 Å². The SMILES string of the molecule is CC(NC(=O)CNC(=O)[C@@H](N)C(C)C)c1ccc(Cl)s1.Cl. The van der Waals surface area contributed by atoms with E-state index in [0.29, 0.717) is 4.34 Å². The van der Waals surface area contributed by atoms with Crippen LogP contribution in [-0.2, 0) is 9.59 Å². The number of thiophene rings is 1. The second-order valence-electron chi connectivity index (χ2n) is 4.92. The van der Waals surface area contributed by atoms with Crippen molar-refractivity contribution in [1.82, 2.24) is 10.6 Å². The Morgan fingerprint density at radius 3 is 2.43 bits per heavy atom. The third-order valence-corrected chi connectivity index (χ3v) is 4.26. The predicted molar refractivity (Wildman–Crippen MR) is 89.0 cm³/mol. The van der Waals surface area contributed by atoms with E-state index < -0.39 is 6.04 Å². The molecule has 0 aromatic carbocycles. The van der Waals surface area contributed by atoms with Gasteiger partial charge in [0.25, 0.3) is 0 Å². The Morgan fingerprint density at radius 1 is 1.33 bits per heavy atom. The van der Waals surface area contributed by atoms with Gasteiger partial charge in [0.05, 0.1) is 23.0 Å². The van der Waals surface area contributed by atoms with Crippen LogP contribution in [-0.4, -0.2) is 24.4 Å². The number of rotatable bonds is 6. The number of hydrogen-bond donors (Lipinski definition) is 3. The van der Waals surface area contributed by atoms with Gasteiger partial charge in [-0.2, -0.15) is 0 Å². The van der Waals surface area contributed by atoms with E-state index in [0.717, 1.165) is 4.88 Å². The van der Waals surface area contributed by atoms with Gasteiger partial charge in [0.2, 0.25) is 11.8 Å². The van der Waals surface area contributed by atoms with Gasteiger partial charge >= 0.3 is 0 Å². The smallest absolute Gasteiger partial charge is 0.239 e. The minimum Gasteiger partial charge on any atom is -0.347 e. The van der Waals surface area contributed by atoms with Crippen molar-refractivity contribution in [1.29, 1.82) is 0 Å². The molecule has 8 heteroatoms. The topological polar surface area (TPSA) is 84.2 Å². The summed E-state index contributed by atoms with van der Waals surface area (Å²) >= 11 is 7.26. The number of nitrogens with one attached hydrogen (secondary N) is 2. The lowest BCUT2D eigenvalue weighted by Crippen LogP contribution is -2.47. The predicted octanol–water partition coefficient (Wildman–Crippen LogP) is 2.10. The zero-order chi connectivity index (χ0) is 15.3. The highest BCUT2D eigenvalue weighted by atomic mass is 35.5. The summed E-state index contributed by atoms with van der Waals surface area (Å²) in [5.74, 6) is -0.543. The number of nitrogens with two attached hydrogens (primary N) is 1. The van der Waals surface area contributed by atoms with Crippen LogP contribution < -0.4 is 16.4 Å². The average molecular weight is 354 g/mol. The van der Waals surface area contributed by atoms with Crippen molar-refractivity contribution in [2.75, 3.05) is 6.54 Å². The molecule has 5 nitrogen and oxygen atoms in total. The van der Waals surface area contributed by atoms with Crippen LogP contribution in [0.25, 0.3) is 0 Å². The molecule has 0 bridgehead atoms. The fraction of sp³-hybridized carbons (Fsp3) is 0.538. The summed E-state index contributed by atoms with van der Waals surface area (Å²) in [5.41, 5.74) is 5.68. The highest BCUT2D eigenvalue weighted by Crippen LogP contribution is 2.26. The molecule has 2 amide bonds. The van der Waals surface area contributed by atoms with E-state index in [-0.39, 0.29) is 42.7 Å². The lowest BCUT2D eigenvalue weighted by molar-refractivity contribution is -0.127. The zero-order valence-corrected chi connectivity index (χ0v) is 14.6. The maximum absolute atomic E-state index is 11.7. The van der Waals surface area contributed by atoms with E-state index in [9.17, 15) is 9.59 Å². The molecule has 4 N–H and O–H groups in total. The first-order valence-corrected chi connectivity index (χ1v) is 7.58. The van der Waals surface area contributed by atoms with E-state index in [2.05, 4.69) is 10.6 Å². The molecule has 1 unspecified atom stereocenters. The second-order valence-corrected chi connectivity index (χ2v) is 6.67. The Hall–Kier alpha value is -0.820. The normalized spacial score (nSPS) is 13.2. The molecule has 1 heterocycles. The summed E-state index contributed by atoms with van der Waals surface area (Å²) in [4.78, 5) is 24.3. The van der Waals surface area contributed by atoms with E-state index >= 15 is 0 Å². The summed E-state index contributed by atoms with van der Waals surface area (Å²) in [6.07, 6.45) is 0. The van der Waals surface area contributed by atoms with E-state index in [1.54, 1.807) is 6.07 Å². The first-order valence-electron chi connectivity index (χ1n) is 6.39. The third-order valence-electron chi connectivity index (χ3n) is 2.84. The molecule has 0 saturated heterocycles. The van der Waals surface area contributed by atoms with Crippen LogP contribution in [0.1, 0.15) is 31.7 Å². The van der Waals surface area contributed by atoms with Gasteiger partial charge in [-0.15, -0.1) is 23.7 Å². The molecule has 0 spiro atoms. The number of carbonyl (C=O) groups is 2. The summed E-state index contributed by atoms with van der Waals surface area (Å²) < 4.78 is 0.678. The number of amides is 2. The molecule has 1 rings (SSSR count). The van der Waals surface area contributed by atoms with Gasteiger partial charge in [-0.1, -0.05) is 25.4 Å². The molecule has 2 atom stereocenters. The number of carbonyl (C=O) groups excluding carboxylic acids is 2. The molecule has 1 aromatic heterocycles. The van der Waals surface area contributed by atoms with Gasteiger partial charge < -0.3 is 16.4 Å². The Morgan fingerprint density at radius 2 is 1.95 bits per heavy atom. The summed E-state index contributed by atoms with van der Waals surface area (Å²) in [5, 5.41) is 5.32. The van der Waals surface area contributed by atoms with E-state index in [1.165, 1.54) is 11.3 Å². The Labute approximate surface area is 140 Å². The van der Waals surface area contributed by atoms with Crippen molar-refractivity contribution in [2.45, 2.75) is 32.9 Å². The molecule has 0 aliphatic rings. The van der Waals surface area contributed by atoms with Crippen LogP contribution in [0.3, 0.4) is 0 Å². The molecule has 120 valence electrons. The molecule has 0 fully saturated rings. The van der Waals surface area contributed by atoms with Crippen molar-refractivity contribution in [3.05, 3.63) is 21.3 Å². The van der Waals surface area contributed by atoms with Crippen molar-refractivity contribution >= 4 is 47.2 Å². The van der Waals surface area contributed by atoms with Gasteiger partial charge in [0.1, 0.15) is 0 Å². The molecule has 21 heavy (non-hydrogen) atoms. The fourth-order valence-corrected chi connectivity index (χ4v) is 2.58. The lowest BCUT2D eigenvalue weighted by atomic mass is 10.1. The highest BCUT2D eigenvalue weighted by Gasteiger charge is 2.18. The lowest BCUT2D eigenvalue weighted by Gasteiger charge is -2.16. The monoisotopic (exact) mass is 353 g/mol. The van der Waals surface area contributed by atoms with Gasteiger partial charge in [0.15, 0.2) is 0 Å². The van der Waals surface area contributed by atoms with Crippen molar-refractivity contribution < 1.29 is 9.59 Å². The Kier molecular flexibility index (Phi) is 8.89. The number of halogens is 2. The molecule has 0 saturated carbocycles. The maximum Gasteiger partial charge on any atom is 0.239 e. The molecule has 0 radical (unpaired) electrons. The number of hydrogen-bond acceptors (Lipinski definition) is 4. The standard InChI is InChI=1S/C13H20ClN3O2S.ClH/c1-7(2)12(15)13(19)16-6-11(18)17-8(3)9-4-5-10(14)20-9;/h4-5,7-8,12H,6,15H2,1-3H3,(H,16,19)(H,17,18);1H/t8?,12-;/m0./s1. The first kappa shape index (κ1) is 20.2. The van der Waals surface area contributed by atoms with Crippen LogP contribution in [0, 0.1) is 5.92 Å². The summed E-state index contributed by atoms with van der Waals surface area (Å²) in [6.45, 7) is 5.49. The highest BCUT2D eigenvalue weighted by molar-refractivity contribution is 7.16. The largest absolute Gasteiger partial charge is 0.347 e. The molecule has 1 aromatic rings. The van der Waals surface area contributed by atoms with Gasteiger partial charge in [-0.3, -0.25) is 9.59 Å². The van der Waals surface area contributed by atoms with Crippen LogP contribution in [0.15, 0.2) is 12.1 Å². The van der Waals surface area contributed by atoms with Crippen molar-refractivity contribution in [2.24, 2.45) is 11.7 Å². The summed E-state index contributed by atoms with van der Waals surface area (Å²) in [7, 11) is 0. The molecule has 0 aliphatic carbocycles. The van der Waals surface area contributed by atoms with Crippen LogP contribution >= 0.6 is 35.3 Å². The summed E-state index contributed by atoms with van der Waals surface area (Å²) in [6, 6.07) is 2.91. The molecular formula is C13H21Cl2N3O2S. The Bertz CT molecular complexity index is 480. The Balaban J connectivity index is 0.00000400. The zero-order valence-electron chi connectivity index (χ0n) is 12.2. The average Bonchev–Trinajstić information content (AvgIpc) is 2.81. The van der Waals surface area contributed by atoms with Gasteiger partial charge in [-0.25, -0.2) is 0 Å². The van der Waals surface area contributed by atoms with Crippen LogP contribution in [0.5, 0.6) is 0 Å². The fourth-order valence-electron chi connectivity index (χ4n) is 1.51. The second kappa shape index (κ2) is 9.25. The van der Waals surface area contributed by atoms with Gasteiger partial charge in [0, 0.05) is 4.88 Å². The minimum absolute atomic E-state index is 0. The molecular weight excluding hydrogens is 333 g/mol. The van der Waals surface area contributed by atoms with Crippen LogP contribution in [0.4, 0.5) is 0 Å². The first-order chi connectivity index (χ1) is 9.31. The van der Waals surface area contributed by atoms with Crippen LogP contribution in [0.2, 0.25) is 4.34 Å². The van der Waals surface area contributed by atoms with Crippen molar-refractivity contribution in [3.8, 4) is 0 Å². The quantitative estimate of drug-likeness (QED) is 0.731. The van der Waals surface area contributed by atoms with Gasteiger partial charge in [-0.05, 0) is 25.0 Å². The minimum atomic E-state index is -0.601. The maximum atomic E-state index is 11.7. The third kappa shape index (κ3) is 6.65.